The minimum atomic E-state index is -0.463. The largest absolute Gasteiger partial charge is 0.390 e. The van der Waals surface area contributed by atoms with E-state index in [-0.39, 0.29) is 0 Å². The van der Waals surface area contributed by atoms with Crippen LogP contribution in [0.5, 0.6) is 0 Å². The standard InChI is InChI=1S/C31H47NO2/c1-5-31(34)17-16-29(3)23(19-31)9-10-24-26-12-11-25(30(26,4)15-14-27(24)29)21(2)8-13-28(33)22-7-6-18-32-20-22/h6-7,9,18,20-21,24-28,33-34H,5,8,10-17,19H2,1-4H3/t21-,24+,25-,26+,27+,28+,29+,30-,31+/m1/s1. The van der Waals surface area contributed by atoms with Gasteiger partial charge in [0, 0.05) is 12.4 Å². The predicted octanol–water partition coefficient (Wildman–Crippen LogP) is 7.25. The van der Waals surface area contributed by atoms with Gasteiger partial charge in [0.1, 0.15) is 0 Å². The molecule has 1 aromatic heterocycles. The third-order valence-electron chi connectivity index (χ3n) is 11.6. The summed E-state index contributed by atoms with van der Waals surface area (Å²) in [5, 5.41) is 21.7. The lowest BCUT2D eigenvalue weighted by Gasteiger charge is -2.59. The molecule has 1 aromatic rings. The molecule has 9 atom stereocenters. The molecule has 0 saturated heterocycles. The highest BCUT2D eigenvalue weighted by atomic mass is 16.3. The topological polar surface area (TPSA) is 53.4 Å². The summed E-state index contributed by atoms with van der Waals surface area (Å²) in [6.07, 6.45) is 18.3. The molecule has 4 aliphatic carbocycles. The molecule has 3 nitrogen and oxygen atoms in total. The Balaban J connectivity index is 1.28. The van der Waals surface area contributed by atoms with Crippen molar-refractivity contribution in [3.63, 3.8) is 0 Å². The van der Waals surface area contributed by atoms with Gasteiger partial charge in [0.05, 0.1) is 11.7 Å². The quantitative estimate of drug-likeness (QED) is 0.435. The average Bonchev–Trinajstić information content (AvgIpc) is 3.20. The molecule has 188 valence electrons. The highest BCUT2D eigenvalue weighted by molar-refractivity contribution is 5.27. The van der Waals surface area contributed by atoms with E-state index in [1.165, 1.54) is 38.5 Å². The Hall–Kier alpha value is -1.19. The first-order valence-electron chi connectivity index (χ1n) is 14.2. The van der Waals surface area contributed by atoms with Crippen molar-refractivity contribution in [2.24, 2.45) is 40.4 Å². The van der Waals surface area contributed by atoms with Crippen molar-refractivity contribution >= 4 is 0 Å². The zero-order valence-corrected chi connectivity index (χ0v) is 22.0. The summed E-state index contributed by atoms with van der Waals surface area (Å²) in [4.78, 5) is 4.18. The lowest BCUT2D eigenvalue weighted by atomic mass is 9.46. The van der Waals surface area contributed by atoms with Crippen LogP contribution in [0.2, 0.25) is 0 Å². The molecule has 0 unspecified atom stereocenters. The first-order valence-corrected chi connectivity index (χ1v) is 14.2. The van der Waals surface area contributed by atoms with Crippen LogP contribution in [0.4, 0.5) is 0 Å². The van der Waals surface area contributed by atoms with Crippen LogP contribution in [0, 0.1) is 40.4 Å². The van der Waals surface area contributed by atoms with Gasteiger partial charge in [-0.15, -0.1) is 0 Å². The zero-order chi connectivity index (χ0) is 24.1. The second kappa shape index (κ2) is 9.04. The van der Waals surface area contributed by atoms with Gasteiger partial charge in [-0.25, -0.2) is 0 Å². The molecule has 2 N–H and O–H groups in total. The number of hydrogen-bond acceptors (Lipinski definition) is 3. The lowest BCUT2D eigenvalue weighted by molar-refractivity contribution is -0.0757. The van der Waals surface area contributed by atoms with E-state index < -0.39 is 11.7 Å². The Kier molecular flexibility index (Phi) is 6.51. The first-order chi connectivity index (χ1) is 16.2. The number of allylic oxidation sites excluding steroid dienone is 1. The van der Waals surface area contributed by atoms with Crippen molar-refractivity contribution in [3.8, 4) is 0 Å². The molecular weight excluding hydrogens is 418 g/mol. The van der Waals surface area contributed by atoms with E-state index in [1.807, 2.05) is 18.3 Å². The molecule has 1 heterocycles. The van der Waals surface area contributed by atoms with E-state index >= 15 is 0 Å². The van der Waals surface area contributed by atoms with Crippen LogP contribution in [0.3, 0.4) is 0 Å². The van der Waals surface area contributed by atoms with Crippen LogP contribution in [-0.4, -0.2) is 20.8 Å². The summed E-state index contributed by atoms with van der Waals surface area (Å²) in [5.41, 5.74) is 2.82. The fourth-order valence-electron chi connectivity index (χ4n) is 9.35. The predicted molar refractivity (Wildman–Crippen MR) is 138 cm³/mol. The fourth-order valence-corrected chi connectivity index (χ4v) is 9.35. The summed E-state index contributed by atoms with van der Waals surface area (Å²) >= 11 is 0. The van der Waals surface area contributed by atoms with E-state index in [0.29, 0.717) is 16.7 Å². The van der Waals surface area contributed by atoms with Crippen molar-refractivity contribution in [2.75, 3.05) is 0 Å². The van der Waals surface area contributed by atoms with Crippen molar-refractivity contribution in [1.82, 2.24) is 4.98 Å². The van der Waals surface area contributed by atoms with Crippen LogP contribution in [0.25, 0.3) is 0 Å². The molecule has 0 aliphatic heterocycles. The van der Waals surface area contributed by atoms with Gasteiger partial charge in [-0.3, -0.25) is 4.98 Å². The Morgan fingerprint density at radius 3 is 2.65 bits per heavy atom. The summed E-state index contributed by atoms with van der Waals surface area (Å²) in [5.74, 6) is 3.88. The molecule has 34 heavy (non-hydrogen) atoms. The normalized spacial score (nSPS) is 43.3. The molecule has 0 spiro atoms. The van der Waals surface area contributed by atoms with Crippen LogP contribution in [-0.2, 0) is 0 Å². The third-order valence-corrected chi connectivity index (χ3v) is 11.6. The van der Waals surface area contributed by atoms with E-state index in [1.54, 1.807) is 11.8 Å². The van der Waals surface area contributed by atoms with Gasteiger partial charge in [0.2, 0.25) is 0 Å². The first kappa shape index (κ1) is 24.5. The second-order valence-electron chi connectivity index (χ2n) is 13.1. The van der Waals surface area contributed by atoms with E-state index in [9.17, 15) is 10.2 Å². The van der Waals surface area contributed by atoms with Gasteiger partial charge in [-0.05, 0) is 123 Å². The van der Waals surface area contributed by atoms with Crippen molar-refractivity contribution in [2.45, 2.75) is 110 Å². The molecule has 0 bridgehead atoms. The number of rotatable bonds is 6. The second-order valence-corrected chi connectivity index (χ2v) is 13.1. The van der Waals surface area contributed by atoms with E-state index in [2.05, 4.69) is 38.8 Å². The van der Waals surface area contributed by atoms with Crippen LogP contribution in [0.15, 0.2) is 36.2 Å². The highest BCUT2D eigenvalue weighted by Crippen LogP contribution is 2.67. The summed E-state index contributed by atoms with van der Waals surface area (Å²) in [7, 11) is 0. The van der Waals surface area contributed by atoms with Crippen molar-refractivity contribution in [1.29, 1.82) is 0 Å². The van der Waals surface area contributed by atoms with Gasteiger partial charge in [0.25, 0.3) is 0 Å². The van der Waals surface area contributed by atoms with Crippen LogP contribution in [0.1, 0.15) is 110 Å². The van der Waals surface area contributed by atoms with Gasteiger partial charge in [-0.1, -0.05) is 45.4 Å². The Labute approximate surface area is 207 Å². The molecule has 0 radical (unpaired) electrons. The van der Waals surface area contributed by atoms with E-state index in [0.717, 1.165) is 61.3 Å². The van der Waals surface area contributed by atoms with Crippen LogP contribution < -0.4 is 0 Å². The smallest absolute Gasteiger partial charge is 0.0805 e. The van der Waals surface area contributed by atoms with Gasteiger partial charge >= 0.3 is 0 Å². The maximum atomic E-state index is 11.0. The summed E-state index contributed by atoms with van der Waals surface area (Å²) < 4.78 is 0. The molecule has 0 amide bonds. The number of pyridine rings is 1. The molecule has 3 saturated carbocycles. The lowest BCUT2D eigenvalue weighted by Crippen LogP contribution is -2.52. The molecule has 5 rings (SSSR count). The summed E-state index contributed by atoms with van der Waals surface area (Å²) in [6, 6.07) is 3.91. The van der Waals surface area contributed by atoms with Crippen molar-refractivity contribution in [3.05, 3.63) is 41.7 Å². The van der Waals surface area contributed by atoms with Gasteiger partial charge < -0.3 is 10.2 Å². The number of fused-ring (bicyclic) bond motifs is 5. The summed E-state index contributed by atoms with van der Waals surface area (Å²) in [6.45, 7) is 9.77. The monoisotopic (exact) mass is 465 g/mol. The molecule has 3 heteroatoms. The molecule has 4 aliphatic rings. The molecular formula is C31H47NO2. The Morgan fingerprint density at radius 2 is 1.91 bits per heavy atom. The molecule has 0 aromatic carbocycles. The Morgan fingerprint density at radius 1 is 1.09 bits per heavy atom. The van der Waals surface area contributed by atoms with Gasteiger partial charge in [0.15, 0.2) is 0 Å². The maximum absolute atomic E-state index is 11.0. The number of aliphatic hydroxyl groups excluding tert-OH is 1. The highest BCUT2D eigenvalue weighted by Gasteiger charge is 2.59. The maximum Gasteiger partial charge on any atom is 0.0805 e. The number of aliphatic hydroxyl groups is 2. The zero-order valence-electron chi connectivity index (χ0n) is 22.0. The van der Waals surface area contributed by atoms with Gasteiger partial charge in [-0.2, -0.15) is 0 Å². The molecule has 3 fully saturated rings. The third kappa shape index (κ3) is 3.99. The fraction of sp³-hybridized carbons (Fsp3) is 0.774. The Bertz CT molecular complexity index is 898. The average molecular weight is 466 g/mol. The van der Waals surface area contributed by atoms with Crippen molar-refractivity contribution < 1.29 is 10.2 Å². The minimum absolute atomic E-state index is 0.309. The minimum Gasteiger partial charge on any atom is -0.390 e. The van der Waals surface area contributed by atoms with Crippen LogP contribution >= 0.6 is 0 Å². The number of hydrogen-bond donors (Lipinski definition) is 2. The van der Waals surface area contributed by atoms with E-state index in [4.69, 9.17) is 0 Å². The number of nitrogens with zero attached hydrogens (tertiary/aromatic N) is 1. The number of aromatic nitrogens is 1. The SMILES string of the molecule is CC[C@]1(O)CC[C@@]2(C)C(=CC[C@H]3[C@@H]4CC[C@H]([C@H](C)CC[C@H](O)c5cccnc5)[C@@]4(C)CC[C@@H]32)C1.